The Morgan fingerprint density at radius 1 is 1.10 bits per heavy atom. The van der Waals surface area contributed by atoms with Gasteiger partial charge in [-0.1, -0.05) is 30.3 Å². The van der Waals surface area contributed by atoms with Crippen LogP contribution in [0.4, 0.5) is 5.82 Å². The van der Waals surface area contributed by atoms with Crippen LogP contribution < -0.4 is 10.5 Å². The van der Waals surface area contributed by atoms with Crippen molar-refractivity contribution in [3.05, 3.63) is 72.2 Å². The molecule has 0 spiro atoms. The molecular formula is C22H19N5O3. The summed E-state index contributed by atoms with van der Waals surface area (Å²) in [6.45, 7) is 0.642. The van der Waals surface area contributed by atoms with Crippen LogP contribution in [0.2, 0.25) is 0 Å². The van der Waals surface area contributed by atoms with Gasteiger partial charge in [-0.05, 0) is 37.1 Å². The summed E-state index contributed by atoms with van der Waals surface area (Å²) in [6.07, 6.45) is 2.80. The summed E-state index contributed by atoms with van der Waals surface area (Å²) in [5.74, 6) is 0.957. The number of hydrogen-bond donors (Lipinski definition) is 1. The molecule has 2 aromatic heterocycles. The molecule has 1 saturated heterocycles. The number of para-hydroxylation sites is 2. The molecular weight excluding hydrogens is 382 g/mol. The second-order valence-electron chi connectivity index (χ2n) is 6.96. The Hall–Kier alpha value is -3.78. The zero-order valence-corrected chi connectivity index (χ0v) is 16.1. The SMILES string of the molecule is Nc1ncnc2c1c(C(=O)c1ccccc1Oc1ccccc1)nn2C1CCCO1. The Kier molecular flexibility index (Phi) is 4.61. The number of anilines is 1. The first kappa shape index (κ1) is 18.3. The van der Waals surface area contributed by atoms with E-state index in [2.05, 4.69) is 15.1 Å². The number of ketones is 1. The molecule has 5 rings (SSSR count). The van der Waals surface area contributed by atoms with Gasteiger partial charge in [0.05, 0.1) is 10.9 Å². The highest BCUT2D eigenvalue weighted by atomic mass is 16.5. The summed E-state index contributed by atoms with van der Waals surface area (Å²) in [5.41, 5.74) is 7.16. The number of nitrogens with zero attached hydrogens (tertiary/aromatic N) is 4. The van der Waals surface area contributed by atoms with Gasteiger partial charge in [0.25, 0.3) is 0 Å². The first-order valence-electron chi connectivity index (χ1n) is 9.69. The molecule has 3 heterocycles. The van der Waals surface area contributed by atoms with Crippen LogP contribution in [0.15, 0.2) is 60.9 Å². The van der Waals surface area contributed by atoms with Crippen LogP contribution in [0.3, 0.4) is 0 Å². The van der Waals surface area contributed by atoms with E-state index in [4.69, 9.17) is 15.2 Å². The summed E-state index contributed by atoms with van der Waals surface area (Å²) in [5, 5.41) is 4.98. The maximum Gasteiger partial charge on any atom is 0.217 e. The largest absolute Gasteiger partial charge is 0.457 e. The summed E-state index contributed by atoms with van der Waals surface area (Å²) in [6, 6.07) is 16.3. The van der Waals surface area contributed by atoms with Gasteiger partial charge in [-0.3, -0.25) is 4.79 Å². The topological polar surface area (TPSA) is 105 Å². The van der Waals surface area contributed by atoms with Crippen LogP contribution in [0, 0.1) is 0 Å². The highest BCUT2D eigenvalue weighted by molar-refractivity contribution is 6.17. The number of aromatic nitrogens is 4. The van der Waals surface area contributed by atoms with Crippen LogP contribution in [0.1, 0.15) is 35.1 Å². The van der Waals surface area contributed by atoms with Crippen molar-refractivity contribution in [3.8, 4) is 11.5 Å². The number of ether oxygens (including phenoxy) is 2. The van der Waals surface area contributed by atoms with Crippen molar-refractivity contribution >= 4 is 22.6 Å². The average molecular weight is 401 g/mol. The van der Waals surface area contributed by atoms with Crippen LogP contribution in [-0.2, 0) is 4.74 Å². The first-order chi connectivity index (χ1) is 14.7. The lowest BCUT2D eigenvalue weighted by Gasteiger charge is -2.10. The summed E-state index contributed by atoms with van der Waals surface area (Å²) in [4.78, 5) is 21.9. The summed E-state index contributed by atoms with van der Waals surface area (Å²) >= 11 is 0. The molecule has 2 aromatic carbocycles. The fraction of sp³-hybridized carbons (Fsp3) is 0.182. The Morgan fingerprint density at radius 3 is 2.70 bits per heavy atom. The number of rotatable bonds is 5. The van der Waals surface area contributed by atoms with Gasteiger partial charge in [0.2, 0.25) is 5.78 Å². The maximum absolute atomic E-state index is 13.5. The number of carbonyl (C=O) groups excluding carboxylic acids is 1. The van der Waals surface area contributed by atoms with Gasteiger partial charge in [0, 0.05) is 6.61 Å². The maximum atomic E-state index is 13.5. The molecule has 0 radical (unpaired) electrons. The number of hydrogen-bond acceptors (Lipinski definition) is 7. The standard InChI is InChI=1S/C22H19N5O3/c23-21-18-19(26-27(17-11-6-12-29-17)22(18)25-13-24-21)20(28)15-9-4-5-10-16(15)30-14-7-2-1-3-8-14/h1-5,7-10,13,17H,6,11-12H2,(H2,23,24,25). The van der Waals surface area contributed by atoms with Crippen molar-refractivity contribution in [2.45, 2.75) is 19.1 Å². The molecule has 2 N–H and O–H groups in total. The van der Waals surface area contributed by atoms with Gasteiger partial charge >= 0.3 is 0 Å². The average Bonchev–Trinajstić information content (AvgIpc) is 3.43. The minimum atomic E-state index is -0.315. The van der Waals surface area contributed by atoms with Gasteiger partial charge < -0.3 is 15.2 Å². The normalized spacial score (nSPS) is 16.1. The fourth-order valence-electron chi connectivity index (χ4n) is 3.59. The number of carbonyl (C=O) groups is 1. The molecule has 0 saturated carbocycles. The first-order valence-corrected chi connectivity index (χ1v) is 9.69. The molecule has 4 aromatic rings. The van der Waals surface area contributed by atoms with Crippen molar-refractivity contribution in [2.24, 2.45) is 0 Å². The monoisotopic (exact) mass is 401 g/mol. The number of benzene rings is 2. The molecule has 8 heteroatoms. The lowest BCUT2D eigenvalue weighted by Crippen LogP contribution is -2.11. The molecule has 1 aliphatic heterocycles. The van der Waals surface area contributed by atoms with E-state index in [1.165, 1.54) is 6.33 Å². The van der Waals surface area contributed by atoms with Gasteiger partial charge in [-0.2, -0.15) is 5.10 Å². The van der Waals surface area contributed by atoms with Crippen molar-refractivity contribution in [3.63, 3.8) is 0 Å². The number of nitrogens with two attached hydrogens (primary N) is 1. The Labute approximate surface area is 172 Å². The zero-order valence-electron chi connectivity index (χ0n) is 16.1. The van der Waals surface area contributed by atoms with Crippen molar-refractivity contribution < 1.29 is 14.3 Å². The van der Waals surface area contributed by atoms with E-state index in [0.717, 1.165) is 12.8 Å². The van der Waals surface area contributed by atoms with Crippen molar-refractivity contribution in [2.75, 3.05) is 12.3 Å². The molecule has 1 fully saturated rings. The van der Waals surface area contributed by atoms with Crippen LogP contribution in [0.25, 0.3) is 11.0 Å². The Bertz CT molecular complexity index is 1220. The highest BCUT2D eigenvalue weighted by Crippen LogP contribution is 2.32. The lowest BCUT2D eigenvalue weighted by atomic mass is 10.1. The van der Waals surface area contributed by atoms with E-state index >= 15 is 0 Å². The van der Waals surface area contributed by atoms with E-state index in [1.54, 1.807) is 22.9 Å². The predicted molar refractivity (Wildman–Crippen MR) is 110 cm³/mol. The number of nitrogen functional groups attached to an aromatic ring is 1. The van der Waals surface area contributed by atoms with Gasteiger partial charge in [-0.25, -0.2) is 14.6 Å². The summed E-state index contributed by atoms with van der Waals surface area (Å²) in [7, 11) is 0. The van der Waals surface area contributed by atoms with E-state index in [0.29, 0.717) is 34.7 Å². The second kappa shape index (κ2) is 7.57. The van der Waals surface area contributed by atoms with Crippen molar-refractivity contribution in [1.82, 2.24) is 19.7 Å². The molecule has 0 aliphatic carbocycles. The van der Waals surface area contributed by atoms with Crippen LogP contribution in [-0.4, -0.2) is 32.1 Å². The lowest BCUT2D eigenvalue weighted by molar-refractivity contribution is 0.0495. The van der Waals surface area contributed by atoms with Crippen LogP contribution >= 0.6 is 0 Å². The molecule has 0 bridgehead atoms. The summed E-state index contributed by atoms with van der Waals surface area (Å²) < 4.78 is 13.3. The third-order valence-corrected chi connectivity index (χ3v) is 5.01. The molecule has 150 valence electrons. The highest BCUT2D eigenvalue weighted by Gasteiger charge is 2.28. The third-order valence-electron chi connectivity index (χ3n) is 5.01. The smallest absolute Gasteiger partial charge is 0.217 e. The van der Waals surface area contributed by atoms with E-state index in [-0.39, 0.29) is 23.5 Å². The molecule has 1 aliphatic rings. The van der Waals surface area contributed by atoms with Gasteiger partial charge in [0.15, 0.2) is 11.9 Å². The fourth-order valence-corrected chi connectivity index (χ4v) is 3.59. The zero-order chi connectivity index (χ0) is 20.5. The third kappa shape index (κ3) is 3.17. The molecule has 30 heavy (non-hydrogen) atoms. The Balaban J connectivity index is 1.61. The number of fused-ring (bicyclic) bond motifs is 1. The van der Waals surface area contributed by atoms with E-state index in [9.17, 15) is 4.79 Å². The minimum Gasteiger partial charge on any atom is -0.457 e. The molecule has 0 amide bonds. The van der Waals surface area contributed by atoms with Crippen LogP contribution in [0.5, 0.6) is 11.5 Å². The van der Waals surface area contributed by atoms with E-state index in [1.807, 2.05) is 36.4 Å². The van der Waals surface area contributed by atoms with E-state index < -0.39 is 0 Å². The molecule has 1 atom stereocenters. The quantitative estimate of drug-likeness (QED) is 0.508. The van der Waals surface area contributed by atoms with Crippen molar-refractivity contribution in [1.29, 1.82) is 0 Å². The molecule has 1 unspecified atom stereocenters. The molecule has 8 nitrogen and oxygen atoms in total. The Morgan fingerprint density at radius 2 is 1.90 bits per heavy atom. The second-order valence-corrected chi connectivity index (χ2v) is 6.96. The van der Waals surface area contributed by atoms with Gasteiger partial charge in [0.1, 0.15) is 29.3 Å². The minimum absolute atomic E-state index is 0.183. The predicted octanol–water partition coefficient (Wildman–Crippen LogP) is 3.74. The van der Waals surface area contributed by atoms with Gasteiger partial charge in [-0.15, -0.1) is 0 Å².